The molecule has 2 aromatic carbocycles. The van der Waals surface area contributed by atoms with E-state index in [-0.39, 0.29) is 12.5 Å². The second-order valence-corrected chi connectivity index (χ2v) is 5.93. The van der Waals surface area contributed by atoms with Crippen molar-refractivity contribution < 1.29 is 9.59 Å². The fourth-order valence-corrected chi connectivity index (χ4v) is 2.45. The van der Waals surface area contributed by atoms with Crippen LogP contribution in [0.2, 0.25) is 5.02 Å². The summed E-state index contributed by atoms with van der Waals surface area (Å²) in [6.07, 6.45) is 0. The molecule has 3 N–H and O–H groups in total. The van der Waals surface area contributed by atoms with Gasteiger partial charge in [-0.3, -0.25) is 9.59 Å². The fourth-order valence-electron chi connectivity index (χ4n) is 2.24. The summed E-state index contributed by atoms with van der Waals surface area (Å²) >= 11 is 5.91. The van der Waals surface area contributed by atoms with Gasteiger partial charge in [-0.15, -0.1) is 10.2 Å². The average Bonchev–Trinajstić information content (AvgIpc) is 3.08. The summed E-state index contributed by atoms with van der Waals surface area (Å²) in [4.78, 5) is 24.3. The number of hydrogen-bond acceptors (Lipinski definition) is 5. The average molecular weight is 371 g/mol. The Morgan fingerprint density at radius 2 is 1.92 bits per heavy atom. The molecule has 0 fully saturated rings. The molecule has 0 aliphatic rings. The number of carbonyl (C=O) groups excluding carboxylic acids is 2. The van der Waals surface area contributed by atoms with Crippen LogP contribution in [-0.4, -0.2) is 32.0 Å². The minimum Gasteiger partial charge on any atom is -0.366 e. The summed E-state index contributed by atoms with van der Waals surface area (Å²) in [5, 5.41) is 15.3. The largest absolute Gasteiger partial charge is 0.366 e. The van der Waals surface area contributed by atoms with Gasteiger partial charge in [-0.25, -0.2) is 0 Å². The number of nitrogens with two attached hydrogens (primary N) is 1. The minimum absolute atomic E-state index is 0.0626. The second-order valence-electron chi connectivity index (χ2n) is 5.49. The summed E-state index contributed by atoms with van der Waals surface area (Å²) in [6.45, 7) is 0.294. The van der Waals surface area contributed by atoms with E-state index in [0.717, 1.165) is 5.56 Å². The van der Waals surface area contributed by atoms with Crippen LogP contribution < -0.4 is 11.1 Å². The van der Waals surface area contributed by atoms with Crippen LogP contribution in [-0.2, 0) is 17.9 Å². The van der Waals surface area contributed by atoms with Crippen LogP contribution in [0.4, 0.5) is 0 Å². The third-order valence-corrected chi connectivity index (χ3v) is 3.78. The van der Waals surface area contributed by atoms with Crippen molar-refractivity contribution in [3.63, 3.8) is 0 Å². The Morgan fingerprint density at radius 1 is 1.15 bits per heavy atom. The zero-order valence-corrected chi connectivity index (χ0v) is 14.3. The maximum Gasteiger partial charge on any atom is 0.248 e. The Labute approximate surface area is 154 Å². The summed E-state index contributed by atoms with van der Waals surface area (Å²) in [5.41, 5.74) is 7.16. The lowest BCUT2D eigenvalue weighted by atomic mass is 10.1. The molecule has 0 atom stereocenters. The van der Waals surface area contributed by atoms with Crippen LogP contribution in [0.3, 0.4) is 0 Å². The summed E-state index contributed by atoms with van der Waals surface area (Å²) in [7, 11) is 0. The molecule has 3 rings (SSSR count). The Kier molecular flexibility index (Phi) is 5.23. The number of aromatic nitrogens is 4. The molecule has 0 bridgehead atoms. The van der Waals surface area contributed by atoms with Gasteiger partial charge in [0.2, 0.25) is 17.6 Å². The summed E-state index contributed by atoms with van der Waals surface area (Å²) in [6, 6.07) is 13.7. The number of amides is 2. The maximum atomic E-state index is 12.0. The predicted molar refractivity (Wildman–Crippen MR) is 95.1 cm³/mol. The maximum absolute atomic E-state index is 12.0. The van der Waals surface area contributed by atoms with Crippen molar-refractivity contribution in [1.82, 2.24) is 25.5 Å². The minimum atomic E-state index is -0.510. The zero-order chi connectivity index (χ0) is 18.5. The molecular weight excluding hydrogens is 356 g/mol. The lowest BCUT2D eigenvalue weighted by Gasteiger charge is -2.05. The van der Waals surface area contributed by atoms with Crippen molar-refractivity contribution >= 4 is 23.4 Å². The molecule has 0 saturated carbocycles. The highest BCUT2D eigenvalue weighted by Gasteiger charge is 2.10. The normalized spacial score (nSPS) is 10.5. The molecule has 0 aliphatic carbocycles. The first-order chi connectivity index (χ1) is 12.5. The van der Waals surface area contributed by atoms with E-state index in [0.29, 0.717) is 28.5 Å². The topological polar surface area (TPSA) is 116 Å². The first-order valence-corrected chi connectivity index (χ1v) is 8.08. The van der Waals surface area contributed by atoms with Crippen molar-refractivity contribution in [2.45, 2.75) is 13.1 Å². The molecular formula is C17H15ClN6O2. The molecule has 2 amide bonds. The molecule has 1 aromatic heterocycles. The van der Waals surface area contributed by atoms with Crippen molar-refractivity contribution in [2.75, 3.05) is 0 Å². The highest BCUT2D eigenvalue weighted by Crippen LogP contribution is 2.14. The highest BCUT2D eigenvalue weighted by atomic mass is 35.5. The Hall–Kier alpha value is -3.26. The molecule has 8 nitrogen and oxygen atoms in total. The van der Waals surface area contributed by atoms with Gasteiger partial charge in [0.25, 0.3) is 0 Å². The van der Waals surface area contributed by atoms with Gasteiger partial charge in [0.15, 0.2) is 0 Å². The van der Waals surface area contributed by atoms with E-state index in [2.05, 4.69) is 20.7 Å². The monoisotopic (exact) mass is 370 g/mol. The van der Waals surface area contributed by atoms with Gasteiger partial charge in [-0.05, 0) is 35.0 Å². The number of benzene rings is 2. The molecule has 0 unspecified atom stereocenters. The number of nitrogens with zero attached hydrogens (tertiary/aromatic N) is 4. The lowest BCUT2D eigenvalue weighted by molar-refractivity contribution is -0.122. The van der Waals surface area contributed by atoms with Gasteiger partial charge in [-0.2, -0.15) is 4.80 Å². The van der Waals surface area contributed by atoms with Crippen molar-refractivity contribution in [3.05, 3.63) is 64.7 Å². The van der Waals surface area contributed by atoms with Gasteiger partial charge in [0.1, 0.15) is 6.54 Å². The molecule has 9 heteroatoms. The predicted octanol–water partition coefficient (Wildman–Crippen LogP) is 1.41. The number of primary amides is 1. The number of rotatable bonds is 6. The number of nitrogens with one attached hydrogen (secondary N) is 1. The highest BCUT2D eigenvalue weighted by molar-refractivity contribution is 6.30. The molecule has 0 aliphatic heterocycles. The van der Waals surface area contributed by atoms with E-state index in [4.69, 9.17) is 17.3 Å². The van der Waals surface area contributed by atoms with Gasteiger partial charge in [0, 0.05) is 22.7 Å². The number of halogens is 1. The van der Waals surface area contributed by atoms with Crippen LogP contribution in [0.25, 0.3) is 11.4 Å². The van der Waals surface area contributed by atoms with Crippen LogP contribution >= 0.6 is 11.6 Å². The first-order valence-electron chi connectivity index (χ1n) is 7.70. The fraction of sp³-hybridized carbons (Fsp3) is 0.118. The zero-order valence-electron chi connectivity index (χ0n) is 13.6. The smallest absolute Gasteiger partial charge is 0.248 e. The van der Waals surface area contributed by atoms with Gasteiger partial charge >= 0.3 is 0 Å². The second kappa shape index (κ2) is 7.75. The molecule has 1 heterocycles. The van der Waals surface area contributed by atoms with E-state index in [1.165, 1.54) is 4.80 Å². The third kappa shape index (κ3) is 4.42. The van der Waals surface area contributed by atoms with E-state index in [9.17, 15) is 9.59 Å². The van der Waals surface area contributed by atoms with Crippen molar-refractivity contribution in [1.29, 1.82) is 0 Å². The van der Waals surface area contributed by atoms with E-state index >= 15 is 0 Å². The van der Waals surface area contributed by atoms with Gasteiger partial charge < -0.3 is 11.1 Å². The molecule has 0 radical (unpaired) electrons. The van der Waals surface area contributed by atoms with E-state index < -0.39 is 5.91 Å². The quantitative estimate of drug-likeness (QED) is 0.680. The van der Waals surface area contributed by atoms with Crippen molar-refractivity contribution in [3.8, 4) is 11.4 Å². The van der Waals surface area contributed by atoms with Crippen LogP contribution in [0.5, 0.6) is 0 Å². The van der Waals surface area contributed by atoms with Gasteiger partial charge in [-0.1, -0.05) is 35.9 Å². The van der Waals surface area contributed by atoms with Crippen LogP contribution in [0.15, 0.2) is 48.5 Å². The SMILES string of the molecule is NC(=O)c1ccc(-c2nnn(CC(=O)NCc3cccc(Cl)c3)n2)cc1. The van der Waals surface area contributed by atoms with Crippen molar-refractivity contribution in [2.24, 2.45) is 5.73 Å². The number of hydrogen-bond donors (Lipinski definition) is 2. The van der Waals surface area contributed by atoms with E-state index in [1.807, 2.05) is 12.1 Å². The Balaban J connectivity index is 1.59. The van der Waals surface area contributed by atoms with E-state index in [1.54, 1.807) is 36.4 Å². The van der Waals surface area contributed by atoms with Crippen LogP contribution in [0, 0.1) is 0 Å². The standard InChI is InChI=1S/C17H15ClN6O2/c18-14-3-1-2-11(8-14)9-20-15(25)10-24-22-17(21-23-24)13-6-4-12(5-7-13)16(19)26/h1-8H,9-10H2,(H2,19,26)(H,20,25). The first kappa shape index (κ1) is 17.6. The van der Waals surface area contributed by atoms with Crippen LogP contribution in [0.1, 0.15) is 15.9 Å². The molecule has 26 heavy (non-hydrogen) atoms. The van der Waals surface area contributed by atoms with Gasteiger partial charge in [0.05, 0.1) is 0 Å². The molecule has 132 valence electrons. The summed E-state index contributed by atoms with van der Waals surface area (Å²) in [5.74, 6) is -0.411. The third-order valence-electron chi connectivity index (χ3n) is 3.54. The molecule has 0 spiro atoms. The number of tetrazole rings is 1. The molecule has 3 aromatic rings. The Morgan fingerprint density at radius 3 is 2.62 bits per heavy atom. The Bertz CT molecular complexity index is 938. The lowest BCUT2D eigenvalue weighted by Crippen LogP contribution is -2.28. The summed E-state index contributed by atoms with van der Waals surface area (Å²) < 4.78 is 0. The molecule has 0 saturated heterocycles. The number of carbonyl (C=O) groups is 2.